The number of rotatable bonds is 4. The van der Waals surface area contributed by atoms with Crippen molar-refractivity contribution in [3.63, 3.8) is 0 Å². The van der Waals surface area contributed by atoms with Gasteiger partial charge in [0.1, 0.15) is 0 Å². The Morgan fingerprint density at radius 3 is 3.06 bits per heavy atom. The van der Waals surface area contributed by atoms with Crippen molar-refractivity contribution < 1.29 is 14.4 Å². The van der Waals surface area contributed by atoms with Gasteiger partial charge in [0, 0.05) is 13.0 Å². The van der Waals surface area contributed by atoms with Crippen LogP contribution in [-0.4, -0.2) is 39.2 Å². The molecule has 0 aliphatic carbocycles. The Balaban J connectivity index is 1.89. The van der Waals surface area contributed by atoms with Crippen LogP contribution in [0.1, 0.15) is 25.1 Å². The molecule has 1 aromatic rings. The van der Waals surface area contributed by atoms with Gasteiger partial charge in [-0.2, -0.15) is 4.98 Å². The van der Waals surface area contributed by atoms with E-state index in [-0.39, 0.29) is 5.92 Å². The monoisotopic (exact) mass is 225 g/mol. The number of aryl methyl sites for hydroxylation is 1. The predicted molar refractivity (Wildman–Crippen MR) is 54.7 cm³/mol. The third-order valence-electron chi connectivity index (χ3n) is 2.80. The van der Waals surface area contributed by atoms with Gasteiger partial charge in [0.25, 0.3) is 0 Å². The van der Waals surface area contributed by atoms with Gasteiger partial charge in [-0.25, -0.2) is 0 Å². The minimum Gasteiger partial charge on any atom is -0.481 e. The molecule has 0 radical (unpaired) electrons. The van der Waals surface area contributed by atoms with Crippen LogP contribution in [-0.2, 0) is 17.8 Å². The van der Waals surface area contributed by atoms with Crippen molar-refractivity contribution >= 4 is 5.97 Å². The van der Waals surface area contributed by atoms with Crippen LogP contribution in [0.15, 0.2) is 4.52 Å². The highest BCUT2D eigenvalue weighted by atomic mass is 16.5. The molecule has 0 saturated carbocycles. The first-order valence-electron chi connectivity index (χ1n) is 5.45. The molecule has 2 heterocycles. The minimum atomic E-state index is -0.718. The van der Waals surface area contributed by atoms with E-state index in [1.807, 2.05) is 11.8 Å². The Morgan fingerprint density at radius 2 is 2.50 bits per heavy atom. The summed E-state index contributed by atoms with van der Waals surface area (Å²) in [7, 11) is 0. The summed E-state index contributed by atoms with van der Waals surface area (Å²) in [4.78, 5) is 17.0. The summed E-state index contributed by atoms with van der Waals surface area (Å²) < 4.78 is 4.99. The highest BCUT2D eigenvalue weighted by Gasteiger charge is 2.28. The van der Waals surface area contributed by atoms with E-state index in [0.29, 0.717) is 31.2 Å². The highest BCUT2D eigenvalue weighted by molar-refractivity contribution is 5.70. The fraction of sp³-hybridized carbons (Fsp3) is 0.700. The summed E-state index contributed by atoms with van der Waals surface area (Å²) in [6.45, 7) is 3.89. The third kappa shape index (κ3) is 2.38. The lowest BCUT2D eigenvalue weighted by Gasteiger charge is -2.11. The molecule has 6 nitrogen and oxygen atoms in total. The molecule has 1 fully saturated rings. The van der Waals surface area contributed by atoms with E-state index in [0.717, 1.165) is 13.0 Å². The zero-order valence-electron chi connectivity index (χ0n) is 9.22. The molecule has 88 valence electrons. The molecule has 1 atom stereocenters. The van der Waals surface area contributed by atoms with Crippen LogP contribution in [0, 0.1) is 5.92 Å². The van der Waals surface area contributed by atoms with Gasteiger partial charge in [0.05, 0.1) is 12.5 Å². The Hall–Kier alpha value is -1.43. The number of hydrogen-bond acceptors (Lipinski definition) is 5. The number of carbonyl (C=O) groups is 1. The molecule has 0 aromatic carbocycles. The largest absolute Gasteiger partial charge is 0.481 e. The Kier molecular flexibility index (Phi) is 3.19. The summed E-state index contributed by atoms with van der Waals surface area (Å²) >= 11 is 0. The summed E-state index contributed by atoms with van der Waals surface area (Å²) in [5.41, 5.74) is 0. The van der Waals surface area contributed by atoms with E-state index >= 15 is 0 Å². The van der Waals surface area contributed by atoms with E-state index in [2.05, 4.69) is 10.1 Å². The van der Waals surface area contributed by atoms with Crippen molar-refractivity contribution in [3.05, 3.63) is 11.7 Å². The van der Waals surface area contributed by atoms with E-state index in [1.165, 1.54) is 0 Å². The van der Waals surface area contributed by atoms with Gasteiger partial charge in [-0.15, -0.1) is 0 Å². The lowest BCUT2D eigenvalue weighted by Crippen LogP contribution is -2.23. The number of carboxylic acid groups (broad SMARTS) is 1. The maximum absolute atomic E-state index is 10.8. The number of likely N-dealkylation sites (tertiary alicyclic amines) is 1. The molecular formula is C10H15N3O3. The summed E-state index contributed by atoms with van der Waals surface area (Å²) in [6, 6.07) is 0. The SMILES string of the molecule is CCc1nc(CN2CCC(C(=O)O)C2)no1. The lowest BCUT2D eigenvalue weighted by molar-refractivity contribution is -0.141. The van der Waals surface area contributed by atoms with Gasteiger partial charge in [-0.3, -0.25) is 9.69 Å². The second kappa shape index (κ2) is 4.61. The molecule has 0 bridgehead atoms. The van der Waals surface area contributed by atoms with Crippen molar-refractivity contribution in [2.75, 3.05) is 13.1 Å². The third-order valence-corrected chi connectivity index (χ3v) is 2.80. The maximum Gasteiger partial charge on any atom is 0.307 e. The van der Waals surface area contributed by atoms with Crippen LogP contribution in [0.25, 0.3) is 0 Å². The lowest BCUT2D eigenvalue weighted by atomic mass is 10.1. The Morgan fingerprint density at radius 1 is 1.69 bits per heavy atom. The van der Waals surface area contributed by atoms with Gasteiger partial charge in [0.15, 0.2) is 5.82 Å². The molecule has 1 saturated heterocycles. The second-order valence-electron chi connectivity index (χ2n) is 4.02. The van der Waals surface area contributed by atoms with Crippen molar-refractivity contribution in [2.45, 2.75) is 26.3 Å². The molecule has 2 rings (SSSR count). The van der Waals surface area contributed by atoms with Gasteiger partial charge in [0.2, 0.25) is 5.89 Å². The molecular weight excluding hydrogens is 210 g/mol. The highest BCUT2D eigenvalue weighted by Crippen LogP contribution is 2.17. The van der Waals surface area contributed by atoms with Gasteiger partial charge < -0.3 is 9.63 Å². The van der Waals surface area contributed by atoms with Crippen LogP contribution in [0.3, 0.4) is 0 Å². The second-order valence-corrected chi connectivity index (χ2v) is 4.02. The van der Waals surface area contributed by atoms with Crippen molar-refractivity contribution in [2.24, 2.45) is 5.92 Å². The van der Waals surface area contributed by atoms with Crippen LogP contribution < -0.4 is 0 Å². The topological polar surface area (TPSA) is 79.5 Å². The predicted octanol–water partition coefficient (Wildman–Crippen LogP) is 0.538. The van der Waals surface area contributed by atoms with E-state index < -0.39 is 5.97 Å². The molecule has 1 aromatic heterocycles. The molecule has 0 amide bonds. The van der Waals surface area contributed by atoms with Crippen LogP contribution in [0.4, 0.5) is 0 Å². The zero-order valence-corrected chi connectivity index (χ0v) is 9.22. The van der Waals surface area contributed by atoms with Gasteiger partial charge >= 0.3 is 5.97 Å². The van der Waals surface area contributed by atoms with Crippen molar-refractivity contribution in [1.29, 1.82) is 0 Å². The molecule has 6 heteroatoms. The summed E-state index contributed by atoms with van der Waals surface area (Å²) in [5, 5.41) is 12.7. The van der Waals surface area contributed by atoms with Crippen molar-refractivity contribution in [3.8, 4) is 0 Å². The van der Waals surface area contributed by atoms with Crippen LogP contribution >= 0.6 is 0 Å². The fourth-order valence-electron chi connectivity index (χ4n) is 1.88. The summed E-state index contributed by atoms with van der Waals surface area (Å²) in [6.07, 6.45) is 1.43. The first-order valence-corrected chi connectivity index (χ1v) is 5.45. The normalized spacial score (nSPS) is 21.4. The smallest absolute Gasteiger partial charge is 0.307 e. The number of hydrogen-bond donors (Lipinski definition) is 1. The van der Waals surface area contributed by atoms with Crippen LogP contribution in [0.5, 0.6) is 0 Å². The summed E-state index contributed by atoms with van der Waals surface area (Å²) in [5.74, 6) is 0.300. The maximum atomic E-state index is 10.8. The molecule has 1 N–H and O–H groups in total. The zero-order chi connectivity index (χ0) is 11.5. The van der Waals surface area contributed by atoms with E-state index in [4.69, 9.17) is 9.63 Å². The number of carboxylic acids is 1. The molecule has 1 unspecified atom stereocenters. The fourth-order valence-corrected chi connectivity index (χ4v) is 1.88. The Labute approximate surface area is 93.2 Å². The average Bonchev–Trinajstić information content (AvgIpc) is 2.87. The van der Waals surface area contributed by atoms with Gasteiger partial charge in [-0.05, 0) is 13.0 Å². The quantitative estimate of drug-likeness (QED) is 0.805. The van der Waals surface area contributed by atoms with E-state index in [1.54, 1.807) is 0 Å². The number of nitrogens with zero attached hydrogens (tertiary/aromatic N) is 3. The average molecular weight is 225 g/mol. The van der Waals surface area contributed by atoms with Crippen LogP contribution in [0.2, 0.25) is 0 Å². The number of aromatic nitrogens is 2. The Bertz CT molecular complexity index is 377. The molecule has 1 aliphatic heterocycles. The molecule has 1 aliphatic rings. The first-order chi connectivity index (χ1) is 7.69. The number of aliphatic carboxylic acids is 1. The standard InChI is InChI=1S/C10H15N3O3/c1-2-9-11-8(12-16-9)6-13-4-3-7(5-13)10(14)15/h7H,2-6H2,1H3,(H,14,15). The van der Waals surface area contributed by atoms with E-state index in [9.17, 15) is 4.79 Å². The molecule has 16 heavy (non-hydrogen) atoms. The minimum absolute atomic E-state index is 0.252. The van der Waals surface area contributed by atoms with Gasteiger partial charge in [-0.1, -0.05) is 12.1 Å². The molecule has 0 spiro atoms. The first kappa shape index (κ1) is 11.1. The van der Waals surface area contributed by atoms with Crippen molar-refractivity contribution in [1.82, 2.24) is 15.0 Å².